The summed E-state index contributed by atoms with van der Waals surface area (Å²) in [6, 6.07) is 2.05. The number of hydrogen-bond acceptors (Lipinski definition) is 3. The predicted molar refractivity (Wildman–Crippen MR) is 95.1 cm³/mol. The summed E-state index contributed by atoms with van der Waals surface area (Å²) in [5.74, 6) is 0.344. The Morgan fingerprint density at radius 2 is 2.09 bits per heavy atom. The molecule has 0 N–H and O–H groups in total. The van der Waals surface area contributed by atoms with Gasteiger partial charge in [0.05, 0.1) is 0 Å². The second-order valence-corrected chi connectivity index (χ2v) is 7.48. The summed E-state index contributed by atoms with van der Waals surface area (Å²) < 4.78 is 5.45. The van der Waals surface area contributed by atoms with Crippen LogP contribution in [0.4, 0.5) is 0 Å². The standard InChI is InChI=1S/C17H18Br2O3/c1-9-4-14(21)7-16-10(2)17(22-11(3)20)12(6-15(9)16)5-13(19)8-18/h4,6,13H,5,7-8H2,1-3H3/t13-/m0/s1. The molecule has 1 aromatic rings. The van der Waals surface area contributed by atoms with Crippen LogP contribution in [0.25, 0.3) is 5.57 Å². The van der Waals surface area contributed by atoms with Crippen LogP contribution in [0.15, 0.2) is 12.1 Å². The van der Waals surface area contributed by atoms with Crippen LogP contribution in [-0.4, -0.2) is 21.9 Å². The average Bonchev–Trinajstić information content (AvgIpc) is 2.43. The molecule has 1 aliphatic carbocycles. The van der Waals surface area contributed by atoms with Gasteiger partial charge in [0.15, 0.2) is 5.78 Å². The van der Waals surface area contributed by atoms with Crippen LogP contribution in [0.1, 0.15) is 36.1 Å². The number of allylic oxidation sites excluding steroid dienone is 2. The van der Waals surface area contributed by atoms with E-state index in [1.54, 1.807) is 6.08 Å². The number of fused-ring (bicyclic) bond motifs is 1. The van der Waals surface area contributed by atoms with Crippen LogP contribution >= 0.6 is 31.9 Å². The topological polar surface area (TPSA) is 43.4 Å². The van der Waals surface area contributed by atoms with E-state index in [0.29, 0.717) is 12.2 Å². The molecule has 1 atom stereocenters. The first kappa shape index (κ1) is 17.4. The smallest absolute Gasteiger partial charge is 0.308 e. The number of ether oxygens (including phenoxy) is 1. The van der Waals surface area contributed by atoms with Crippen molar-refractivity contribution in [2.75, 3.05) is 5.33 Å². The van der Waals surface area contributed by atoms with E-state index in [0.717, 1.165) is 39.6 Å². The van der Waals surface area contributed by atoms with Gasteiger partial charge in [-0.05, 0) is 60.2 Å². The van der Waals surface area contributed by atoms with Crippen LogP contribution in [0.2, 0.25) is 0 Å². The van der Waals surface area contributed by atoms with E-state index in [9.17, 15) is 9.59 Å². The third-order valence-corrected chi connectivity index (χ3v) is 6.03. The summed E-state index contributed by atoms with van der Waals surface area (Å²) in [6.07, 6.45) is 2.79. The molecule has 0 aromatic heterocycles. The third-order valence-electron chi connectivity index (χ3n) is 3.74. The van der Waals surface area contributed by atoms with Gasteiger partial charge in [-0.25, -0.2) is 0 Å². The highest BCUT2D eigenvalue weighted by atomic mass is 79.9. The second-order valence-electron chi connectivity index (χ2n) is 5.54. The number of halogens is 2. The first-order valence-corrected chi connectivity index (χ1v) is 9.12. The van der Waals surface area contributed by atoms with E-state index in [2.05, 4.69) is 37.9 Å². The van der Waals surface area contributed by atoms with Crippen LogP contribution in [0.5, 0.6) is 5.75 Å². The molecule has 22 heavy (non-hydrogen) atoms. The number of ketones is 1. The maximum atomic E-state index is 11.8. The van der Waals surface area contributed by atoms with Crippen LogP contribution < -0.4 is 4.74 Å². The summed E-state index contributed by atoms with van der Waals surface area (Å²) in [5, 5.41) is 0.802. The van der Waals surface area contributed by atoms with Gasteiger partial charge in [0.2, 0.25) is 0 Å². The van der Waals surface area contributed by atoms with Gasteiger partial charge in [0.25, 0.3) is 0 Å². The highest BCUT2D eigenvalue weighted by Crippen LogP contribution is 2.37. The minimum Gasteiger partial charge on any atom is -0.426 e. The van der Waals surface area contributed by atoms with E-state index in [1.165, 1.54) is 6.92 Å². The van der Waals surface area contributed by atoms with Crippen LogP contribution in [0.3, 0.4) is 0 Å². The van der Waals surface area contributed by atoms with Crippen molar-refractivity contribution in [3.8, 4) is 5.75 Å². The van der Waals surface area contributed by atoms with Gasteiger partial charge in [-0.1, -0.05) is 31.9 Å². The molecule has 5 heteroatoms. The Kier molecular flexibility index (Phi) is 5.61. The minimum atomic E-state index is -0.344. The number of rotatable bonds is 4. The van der Waals surface area contributed by atoms with Gasteiger partial charge in [-0.3, -0.25) is 9.59 Å². The number of carbonyl (C=O) groups is 2. The number of esters is 1. The molecule has 0 radical (unpaired) electrons. The van der Waals surface area contributed by atoms with E-state index in [1.807, 2.05) is 13.8 Å². The average molecular weight is 430 g/mol. The SMILES string of the molecule is CC(=O)Oc1c(C[C@H](Br)CBr)cc2c(c1C)CC(=O)C=C2C. The highest BCUT2D eigenvalue weighted by Gasteiger charge is 2.23. The van der Waals surface area contributed by atoms with E-state index in [4.69, 9.17) is 4.74 Å². The molecule has 0 saturated heterocycles. The first-order chi connectivity index (χ1) is 10.3. The molecule has 0 saturated carbocycles. The Bertz CT molecular complexity index is 662. The Morgan fingerprint density at radius 3 is 2.68 bits per heavy atom. The fourth-order valence-electron chi connectivity index (χ4n) is 2.76. The largest absolute Gasteiger partial charge is 0.426 e. The first-order valence-electron chi connectivity index (χ1n) is 7.08. The van der Waals surface area contributed by atoms with Crippen molar-refractivity contribution < 1.29 is 14.3 Å². The monoisotopic (exact) mass is 428 g/mol. The van der Waals surface area contributed by atoms with E-state index in [-0.39, 0.29) is 16.6 Å². The van der Waals surface area contributed by atoms with Crippen LogP contribution in [-0.2, 0) is 22.4 Å². The quantitative estimate of drug-likeness (QED) is 0.410. The van der Waals surface area contributed by atoms with Gasteiger partial charge in [0, 0.05) is 23.5 Å². The molecule has 1 aliphatic rings. The van der Waals surface area contributed by atoms with Crippen molar-refractivity contribution in [2.24, 2.45) is 0 Å². The number of hydrogen-bond donors (Lipinski definition) is 0. The summed E-state index contributed by atoms with van der Waals surface area (Å²) in [7, 11) is 0. The van der Waals surface area contributed by atoms with Crippen molar-refractivity contribution in [1.29, 1.82) is 0 Å². The summed E-state index contributed by atoms with van der Waals surface area (Å²) >= 11 is 7.05. The van der Waals surface area contributed by atoms with Crippen molar-refractivity contribution in [1.82, 2.24) is 0 Å². The molecule has 1 aromatic carbocycles. The normalized spacial score (nSPS) is 15.1. The zero-order valence-corrected chi connectivity index (χ0v) is 16.0. The highest BCUT2D eigenvalue weighted by molar-refractivity contribution is 9.12. The van der Waals surface area contributed by atoms with E-state index >= 15 is 0 Å². The lowest BCUT2D eigenvalue weighted by atomic mass is 9.85. The lowest BCUT2D eigenvalue weighted by molar-refractivity contribution is -0.132. The summed E-state index contributed by atoms with van der Waals surface area (Å²) in [5.41, 5.74) is 4.88. The Hall–Kier alpha value is -0.940. The maximum Gasteiger partial charge on any atom is 0.308 e. The second kappa shape index (κ2) is 7.09. The van der Waals surface area contributed by atoms with Crippen molar-refractivity contribution in [2.45, 2.75) is 38.4 Å². The fraction of sp³-hybridized carbons (Fsp3) is 0.412. The number of carbonyl (C=O) groups excluding carboxylic acids is 2. The molecule has 2 rings (SSSR count). The van der Waals surface area contributed by atoms with Gasteiger partial charge < -0.3 is 4.74 Å². The number of alkyl halides is 2. The van der Waals surface area contributed by atoms with Crippen molar-refractivity contribution in [3.63, 3.8) is 0 Å². The molecule has 0 aliphatic heterocycles. The van der Waals surface area contributed by atoms with Crippen LogP contribution in [0, 0.1) is 6.92 Å². The molecule has 0 amide bonds. The molecular formula is C17H18Br2O3. The third kappa shape index (κ3) is 3.69. The number of benzene rings is 1. The van der Waals surface area contributed by atoms with Gasteiger partial charge >= 0.3 is 5.97 Å². The molecule has 0 unspecified atom stereocenters. The van der Waals surface area contributed by atoms with Crippen molar-refractivity contribution in [3.05, 3.63) is 34.4 Å². The molecular weight excluding hydrogens is 412 g/mol. The lowest BCUT2D eigenvalue weighted by Gasteiger charge is -2.23. The fourth-order valence-corrected chi connectivity index (χ4v) is 3.34. The maximum absolute atomic E-state index is 11.8. The lowest BCUT2D eigenvalue weighted by Crippen LogP contribution is -2.16. The zero-order chi connectivity index (χ0) is 16.4. The minimum absolute atomic E-state index is 0.0912. The zero-order valence-electron chi connectivity index (χ0n) is 12.8. The Morgan fingerprint density at radius 1 is 1.41 bits per heavy atom. The molecule has 0 spiro atoms. The Balaban J connectivity index is 2.60. The van der Waals surface area contributed by atoms with Gasteiger partial charge in [-0.15, -0.1) is 0 Å². The molecule has 0 heterocycles. The molecule has 118 valence electrons. The molecule has 3 nitrogen and oxygen atoms in total. The van der Waals surface area contributed by atoms with Gasteiger partial charge in [0.1, 0.15) is 5.75 Å². The van der Waals surface area contributed by atoms with E-state index < -0.39 is 0 Å². The van der Waals surface area contributed by atoms with Gasteiger partial charge in [-0.2, -0.15) is 0 Å². The Labute approximate surface area is 147 Å². The van der Waals surface area contributed by atoms with Crippen molar-refractivity contribution >= 4 is 49.2 Å². The summed E-state index contributed by atoms with van der Waals surface area (Å²) in [4.78, 5) is 23.5. The summed E-state index contributed by atoms with van der Waals surface area (Å²) in [6.45, 7) is 5.26. The molecule has 0 fully saturated rings. The molecule has 0 bridgehead atoms. The predicted octanol–water partition coefficient (Wildman–Crippen LogP) is 4.15.